The van der Waals surface area contributed by atoms with Crippen molar-refractivity contribution in [2.24, 2.45) is 0 Å². The number of methoxy groups -OCH3 is 1. The molecule has 102 valence electrons. The second kappa shape index (κ2) is 5.73. The normalized spacial score (nSPS) is 14.6. The Morgan fingerprint density at radius 2 is 1.89 bits per heavy atom. The number of amides is 1. The van der Waals surface area contributed by atoms with Crippen LogP contribution in [0.4, 0.5) is 11.4 Å². The van der Waals surface area contributed by atoms with Gasteiger partial charge in [0.25, 0.3) is 0 Å². The molecule has 0 bridgehead atoms. The Balaban J connectivity index is 2.35. The number of benzene rings is 1. The zero-order valence-corrected chi connectivity index (χ0v) is 11.3. The minimum Gasteiger partial charge on any atom is -0.468 e. The van der Waals surface area contributed by atoms with Crippen LogP contribution in [0.1, 0.15) is 13.3 Å². The molecule has 5 nitrogen and oxygen atoms in total. The molecule has 1 aromatic carbocycles. The van der Waals surface area contributed by atoms with Gasteiger partial charge in [-0.15, -0.1) is 0 Å². The number of ether oxygens (including phenoxy) is 1. The van der Waals surface area contributed by atoms with Gasteiger partial charge in [-0.2, -0.15) is 0 Å². The molecule has 2 rings (SSSR count). The van der Waals surface area contributed by atoms with E-state index in [0.29, 0.717) is 6.54 Å². The van der Waals surface area contributed by atoms with Crippen molar-refractivity contribution in [3.63, 3.8) is 0 Å². The molecule has 19 heavy (non-hydrogen) atoms. The average Bonchev–Trinajstić information content (AvgIpc) is 2.59. The van der Waals surface area contributed by atoms with Crippen LogP contribution in [0.15, 0.2) is 24.3 Å². The van der Waals surface area contributed by atoms with Crippen LogP contribution in [0, 0.1) is 0 Å². The van der Waals surface area contributed by atoms with Crippen molar-refractivity contribution in [2.75, 3.05) is 36.5 Å². The molecular weight excluding hydrogens is 244 g/mol. The summed E-state index contributed by atoms with van der Waals surface area (Å²) in [7, 11) is 1.38. The van der Waals surface area contributed by atoms with Gasteiger partial charge in [0.1, 0.15) is 6.54 Å². The predicted molar refractivity (Wildman–Crippen MR) is 73.3 cm³/mol. The summed E-state index contributed by atoms with van der Waals surface area (Å²) in [5.74, 6) is -0.251. The van der Waals surface area contributed by atoms with E-state index in [1.165, 1.54) is 7.11 Å². The fourth-order valence-electron chi connectivity index (χ4n) is 2.33. The average molecular weight is 262 g/mol. The van der Waals surface area contributed by atoms with Gasteiger partial charge in [0.15, 0.2) is 0 Å². The fourth-order valence-corrected chi connectivity index (χ4v) is 2.33. The topological polar surface area (TPSA) is 49.9 Å². The first kappa shape index (κ1) is 13.4. The van der Waals surface area contributed by atoms with Crippen LogP contribution in [0.25, 0.3) is 0 Å². The highest BCUT2D eigenvalue weighted by atomic mass is 16.5. The Kier molecular flexibility index (Phi) is 4.04. The van der Waals surface area contributed by atoms with Crippen LogP contribution < -0.4 is 9.80 Å². The smallest absolute Gasteiger partial charge is 0.325 e. The van der Waals surface area contributed by atoms with Gasteiger partial charge < -0.3 is 14.5 Å². The zero-order valence-electron chi connectivity index (χ0n) is 11.3. The van der Waals surface area contributed by atoms with E-state index in [4.69, 9.17) is 4.74 Å². The molecule has 0 spiro atoms. The van der Waals surface area contributed by atoms with Crippen molar-refractivity contribution >= 4 is 23.3 Å². The van der Waals surface area contributed by atoms with Crippen molar-refractivity contribution in [1.82, 2.24) is 0 Å². The van der Waals surface area contributed by atoms with Gasteiger partial charge in [-0.1, -0.05) is 12.1 Å². The molecular formula is C14H18N2O3. The highest BCUT2D eigenvalue weighted by molar-refractivity contribution is 5.96. The Morgan fingerprint density at radius 3 is 2.53 bits per heavy atom. The van der Waals surface area contributed by atoms with Crippen molar-refractivity contribution in [1.29, 1.82) is 0 Å². The summed E-state index contributed by atoms with van der Waals surface area (Å²) in [6.45, 7) is 3.17. The van der Waals surface area contributed by atoms with E-state index in [2.05, 4.69) is 0 Å². The third kappa shape index (κ3) is 2.86. The first-order valence-electron chi connectivity index (χ1n) is 6.32. The summed E-state index contributed by atoms with van der Waals surface area (Å²) in [5, 5.41) is 0. The minimum atomic E-state index is -0.272. The summed E-state index contributed by atoms with van der Waals surface area (Å²) in [6, 6.07) is 7.65. The molecule has 0 aliphatic carbocycles. The number of carbonyl (C=O) groups is 2. The summed E-state index contributed by atoms with van der Waals surface area (Å²) < 4.78 is 4.72. The third-order valence-electron chi connectivity index (χ3n) is 3.25. The second-order valence-electron chi connectivity index (χ2n) is 4.51. The summed E-state index contributed by atoms with van der Waals surface area (Å²) in [4.78, 5) is 26.9. The lowest BCUT2D eigenvalue weighted by Crippen LogP contribution is -2.31. The Morgan fingerprint density at radius 1 is 1.21 bits per heavy atom. The van der Waals surface area contributed by atoms with Gasteiger partial charge >= 0.3 is 5.97 Å². The summed E-state index contributed by atoms with van der Waals surface area (Å²) >= 11 is 0. The fraction of sp³-hybridized carbons (Fsp3) is 0.429. The lowest BCUT2D eigenvalue weighted by Gasteiger charge is -2.25. The molecule has 1 aliphatic rings. The molecule has 0 saturated heterocycles. The SMILES string of the molecule is COC(=O)CN1CCCN(C(C)=O)c2ccccc21. The van der Waals surface area contributed by atoms with Crippen molar-refractivity contribution in [3.05, 3.63) is 24.3 Å². The van der Waals surface area contributed by atoms with Crippen molar-refractivity contribution in [2.45, 2.75) is 13.3 Å². The number of para-hydroxylation sites is 2. The van der Waals surface area contributed by atoms with E-state index in [9.17, 15) is 9.59 Å². The molecule has 0 unspecified atom stereocenters. The highest BCUT2D eigenvalue weighted by Gasteiger charge is 2.23. The number of carbonyl (C=O) groups excluding carboxylic acids is 2. The van der Waals surface area contributed by atoms with E-state index in [-0.39, 0.29) is 18.4 Å². The number of anilines is 2. The van der Waals surface area contributed by atoms with Crippen molar-refractivity contribution in [3.8, 4) is 0 Å². The zero-order chi connectivity index (χ0) is 13.8. The molecule has 0 saturated carbocycles. The molecule has 0 radical (unpaired) electrons. The molecule has 1 aliphatic heterocycles. The summed E-state index contributed by atoms with van der Waals surface area (Å²) in [6.07, 6.45) is 0.825. The lowest BCUT2D eigenvalue weighted by atomic mass is 10.2. The molecule has 1 aromatic rings. The molecule has 1 amide bonds. The maximum atomic E-state index is 11.7. The van der Waals surface area contributed by atoms with Crippen molar-refractivity contribution < 1.29 is 14.3 Å². The van der Waals surface area contributed by atoms with Crippen LogP contribution in [-0.4, -0.2) is 38.6 Å². The van der Waals surface area contributed by atoms with Crippen LogP contribution in [0.2, 0.25) is 0 Å². The number of fused-ring (bicyclic) bond motifs is 1. The van der Waals surface area contributed by atoms with Gasteiger partial charge in [0.05, 0.1) is 18.5 Å². The number of hydrogen-bond donors (Lipinski definition) is 0. The van der Waals surface area contributed by atoms with Gasteiger partial charge in [0.2, 0.25) is 5.91 Å². The first-order valence-corrected chi connectivity index (χ1v) is 6.32. The van der Waals surface area contributed by atoms with E-state index in [1.54, 1.807) is 11.8 Å². The highest BCUT2D eigenvalue weighted by Crippen LogP contribution is 2.31. The van der Waals surface area contributed by atoms with E-state index in [0.717, 1.165) is 24.3 Å². The molecule has 5 heteroatoms. The standard InChI is InChI=1S/C14H18N2O3/c1-11(17)16-9-5-8-15(10-14(18)19-2)12-6-3-4-7-13(12)16/h3-4,6-7H,5,8-10H2,1-2H3. The van der Waals surface area contributed by atoms with Gasteiger partial charge in [-0.25, -0.2) is 0 Å². The Labute approximate surface area is 112 Å². The molecule has 0 aromatic heterocycles. The molecule has 0 atom stereocenters. The first-order chi connectivity index (χ1) is 9.13. The number of rotatable bonds is 2. The van der Waals surface area contributed by atoms with E-state index in [1.807, 2.05) is 29.2 Å². The van der Waals surface area contributed by atoms with E-state index < -0.39 is 0 Å². The van der Waals surface area contributed by atoms with Gasteiger partial charge in [-0.3, -0.25) is 9.59 Å². The van der Waals surface area contributed by atoms with E-state index >= 15 is 0 Å². The largest absolute Gasteiger partial charge is 0.468 e. The van der Waals surface area contributed by atoms with Crippen LogP contribution in [-0.2, 0) is 14.3 Å². The number of nitrogens with zero attached hydrogens (tertiary/aromatic N) is 2. The number of hydrogen-bond acceptors (Lipinski definition) is 4. The summed E-state index contributed by atoms with van der Waals surface area (Å²) in [5.41, 5.74) is 1.76. The van der Waals surface area contributed by atoms with Crippen LogP contribution in [0.5, 0.6) is 0 Å². The van der Waals surface area contributed by atoms with Gasteiger partial charge in [0, 0.05) is 20.0 Å². The van der Waals surface area contributed by atoms with Crippen LogP contribution >= 0.6 is 0 Å². The Bertz CT molecular complexity index is 487. The minimum absolute atomic E-state index is 0.0207. The molecule has 1 heterocycles. The predicted octanol–water partition coefficient (Wildman–Crippen LogP) is 1.42. The third-order valence-corrected chi connectivity index (χ3v) is 3.25. The van der Waals surface area contributed by atoms with Crippen LogP contribution in [0.3, 0.4) is 0 Å². The molecule has 0 N–H and O–H groups in total. The second-order valence-corrected chi connectivity index (χ2v) is 4.51. The molecule has 0 fully saturated rings. The number of esters is 1. The maximum absolute atomic E-state index is 11.7. The lowest BCUT2D eigenvalue weighted by molar-refractivity contribution is -0.139. The Hall–Kier alpha value is -2.04. The maximum Gasteiger partial charge on any atom is 0.325 e. The quantitative estimate of drug-likeness (QED) is 0.756. The van der Waals surface area contributed by atoms with Gasteiger partial charge in [-0.05, 0) is 18.6 Å². The monoisotopic (exact) mass is 262 g/mol.